The molecule has 1 unspecified atom stereocenters. The van der Waals surface area contributed by atoms with Crippen LogP contribution in [0.4, 0.5) is 0 Å². The van der Waals surface area contributed by atoms with Crippen molar-refractivity contribution in [2.24, 2.45) is 0 Å². The topological polar surface area (TPSA) is 83.8 Å². The quantitative estimate of drug-likeness (QED) is 0.573. The maximum Gasteiger partial charge on any atom is 0.546 e. The lowest BCUT2D eigenvalue weighted by Crippen LogP contribution is -2.09. The molecule has 0 aromatic heterocycles. The summed E-state index contributed by atoms with van der Waals surface area (Å²) in [6, 6.07) is 6.54. The number of hydrogen-bond donors (Lipinski definition) is 2. The van der Waals surface area contributed by atoms with Crippen LogP contribution in [0.2, 0.25) is 0 Å². The second-order valence-electron chi connectivity index (χ2n) is 3.38. The van der Waals surface area contributed by atoms with Gasteiger partial charge in [-0.2, -0.15) is 4.89 Å². The Bertz CT molecular complexity index is 387. The van der Waals surface area contributed by atoms with Crippen LogP contribution >= 0.6 is 8.03 Å². The average molecular weight is 257 g/mol. The molecule has 0 aliphatic rings. The molecule has 0 saturated carbocycles. The molecule has 0 bridgehead atoms. The summed E-state index contributed by atoms with van der Waals surface area (Å²) >= 11 is 0. The second-order valence-corrected chi connectivity index (χ2v) is 4.45. The lowest BCUT2D eigenvalue weighted by atomic mass is 10.1. The molecule has 6 heteroatoms. The summed E-state index contributed by atoms with van der Waals surface area (Å²) < 4.78 is 15.4. The van der Waals surface area contributed by atoms with E-state index in [1.807, 2.05) is 0 Å². The van der Waals surface area contributed by atoms with Crippen molar-refractivity contribution in [1.82, 2.24) is 0 Å². The van der Waals surface area contributed by atoms with Crippen LogP contribution in [0.3, 0.4) is 0 Å². The number of carbonyl (C=O) groups is 1. The Hall–Kier alpha value is -1.29. The van der Waals surface area contributed by atoms with E-state index in [0.29, 0.717) is 11.7 Å². The molecule has 1 aromatic rings. The van der Waals surface area contributed by atoms with Crippen molar-refractivity contribution in [3.05, 3.63) is 29.8 Å². The van der Waals surface area contributed by atoms with Crippen LogP contribution in [0.5, 0.6) is 0 Å². The Labute approximate surface area is 99.9 Å². The molecule has 1 atom stereocenters. The van der Waals surface area contributed by atoms with Crippen LogP contribution in [0.15, 0.2) is 24.3 Å². The minimum atomic E-state index is -2.31. The Balaban J connectivity index is 2.42. The highest BCUT2D eigenvalue weighted by Crippen LogP contribution is 2.13. The van der Waals surface area contributed by atoms with E-state index < -0.39 is 8.03 Å². The van der Waals surface area contributed by atoms with Crippen molar-refractivity contribution in [3.8, 4) is 0 Å². The number of benzene rings is 1. The Morgan fingerprint density at radius 2 is 1.94 bits per heavy atom. The third kappa shape index (κ3) is 5.04. The minimum absolute atomic E-state index is 0.0166. The molecule has 0 fully saturated rings. The van der Waals surface area contributed by atoms with Crippen molar-refractivity contribution < 1.29 is 24.1 Å². The molecule has 1 rings (SSSR count). The maximum absolute atomic E-state index is 11.1. The zero-order valence-electron chi connectivity index (χ0n) is 9.20. The summed E-state index contributed by atoms with van der Waals surface area (Å²) in [5, 5.41) is 8.82. The summed E-state index contributed by atoms with van der Waals surface area (Å²) in [5.41, 5.74) is 0.895. The molecule has 0 radical (unpaired) electrons. The third-order valence-corrected chi connectivity index (χ3v) is 2.87. The van der Waals surface area contributed by atoms with Crippen LogP contribution in [0, 0.1) is 0 Å². The molecule has 2 N–H and O–H groups in total. The van der Waals surface area contributed by atoms with E-state index in [1.54, 1.807) is 24.3 Å². The molecule has 0 aliphatic heterocycles. The van der Waals surface area contributed by atoms with Crippen LogP contribution in [0.1, 0.15) is 12.0 Å². The lowest BCUT2D eigenvalue weighted by molar-refractivity contribution is -0.144. The average Bonchev–Trinajstić information content (AvgIpc) is 2.34. The van der Waals surface area contributed by atoms with Crippen LogP contribution < -0.4 is 5.30 Å². The summed E-state index contributed by atoms with van der Waals surface area (Å²) in [7, 11) is -2.31. The normalized spacial score (nSPS) is 11.1. The number of ether oxygens (including phenoxy) is 1. The first-order valence-electron chi connectivity index (χ1n) is 5.15. The van der Waals surface area contributed by atoms with Gasteiger partial charge in [-0.15, -0.1) is 0 Å². The van der Waals surface area contributed by atoms with Gasteiger partial charge in [-0.3, -0.25) is 4.79 Å². The fraction of sp³-hybridized carbons (Fsp3) is 0.364. The van der Waals surface area contributed by atoms with Crippen molar-refractivity contribution in [2.45, 2.75) is 12.8 Å². The van der Waals surface area contributed by atoms with E-state index in [0.717, 1.165) is 5.56 Å². The highest BCUT2D eigenvalue weighted by Gasteiger charge is 2.14. The molecular formula is C11H14O5P+. The highest BCUT2D eigenvalue weighted by molar-refractivity contribution is 7.47. The smallest absolute Gasteiger partial charge is 0.463 e. The summed E-state index contributed by atoms with van der Waals surface area (Å²) in [4.78, 5) is 20.0. The molecule has 0 heterocycles. The molecule has 5 nitrogen and oxygen atoms in total. The molecule has 0 spiro atoms. The molecule has 17 heavy (non-hydrogen) atoms. The van der Waals surface area contributed by atoms with Crippen LogP contribution in [-0.4, -0.2) is 29.2 Å². The van der Waals surface area contributed by atoms with Gasteiger partial charge < -0.3 is 9.84 Å². The second kappa shape index (κ2) is 7.12. The SMILES string of the molecule is O=C(CCc1ccc([P+](=O)O)cc1)OCCO. The van der Waals surface area contributed by atoms with E-state index in [-0.39, 0.29) is 25.6 Å². The first-order chi connectivity index (χ1) is 8.13. The zero-order valence-corrected chi connectivity index (χ0v) is 10.1. The third-order valence-electron chi connectivity index (χ3n) is 2.13. The summed E-state index contributed by atoms with van der Waals surface area (Å²) in [6.07, 6.45) is 0.733. The van der Waals surface area contributed by atoms with E-state index in [1.165, 1.54) is 0 Å². The van der Waals surface area contributed by atoms with Crippen molar-refractivity contribution in [2.75, 3.05) is 13.2 Å². The van der Waals surface area contributed by atoms with Gasteiger partial charge >= 0.3 is 14.0 Å². The van der Waals surface area contributed by atoms with Gasteiger partial charge in [0, 0.05) is 6.42 Å². The van der Waals surface area contributed by atoms with Gasteiger partial charge in [0.25, 0.3) is 0 Å². The maximum atomic E-state index is 11.1. The number of carbonyl (C=O) groups excluding carboxylic acids is 1. The lowest BCUT2D eigenvalue weighted by Gasteiger charge is -2.02. The highest BCUT2D eigenvalue weighted by atomic mass is 31.1. The molecule has 0 amide bonds. The van der Waals surface area contributed by atoms with Crippen molar-refractivity contribution in [3.63, 3.8) is 0 Å². The summed E-state index contributed by atoms with van der Waals surface area (Å²) in [5.74, 6) is -0.364. The van der Waals surface area contributed by atoms with Gasteiger partial charge in [0.05, 0.1) is 6.61 Å². The predicted octanol–water partition coefficient (Wildman–Crippen LogP) is 0.515. The van der Waals surface area contributed by atoms with Gasteiger partial charge in [0.15, 0.2) is 0 Å². The van der Waals surface area contributed by atoms with Crippen molar-refractivity contribution >= 4 is 19.3 Å². The van der Waals surface area contributed by atoms with Crippen LogP contribution in [0.25, 0.3) is 0 Å². The Morgan fingerprint density at radius 3 is 2.47 bits per heavy atom. The van der Waals surface area contributed by atoms with Gasteiger partial charge in [-0.25, -0.2) is 0 Å². The number of aliphatic hydroxyl groups is 1. The van der Waals surface area contributed by atoms with Gasteiger partial charge in [-0.1, -0.05) is 12.1 Å². The molecule has 0 aliphatic carbocycles. The zero-order chi connectivity index (χ0) is 12.7. The monoisotopic (exact) mass is 257 g/mol. The van der Waals surface area contributed by atoms with Gasteiger partial charge in [0.1, 0.15) is 6.61 Å². The first kappa shape index (κ1) is 13.8. The molecular weight excluding hydrogens is 243 g/mol. The predicted molar refractivity (Wildman–Crippen MR) is 62.3 cm³/mol. The first-order valence-corrected chi connectivity index (χ1v) is 6.36. The molecule has 92 valence electrons. The Kier molecular flexibility index (Phi) is 5.77. The molecule has 1 aromatic carbocycles. The van der Waals surface area contributed by atoms with Gasteiger partial charge in [-0.05, 0) is 28.7 Å². The van der Waals surface area contributed by atoms with Crippen LogP contribution in [-0.2, 0) is 20.5 Å². The van der Waals surface area contributed by atoms with E-state index in [4.69, 9.17) is 14.7 Å². The van der Waals surface area contributed by atoms with E-state index >= 15 is 0 Å². The fourth-order valence-electron chi connectivity index (χ4n) is 1.27. The number of aliphatic hydroxyl groups excluding tert-OH is 1. The minimum Gasteiger partial charge on any atom is -0.463 e. The Morgan fingerprint density at radius 1 is 1.29 bits per heavy atom. The largest absolute Gasteiger partial charge is 0.546 e. The number of rotatable bonds is 6. The number of hydrogen-bond acceptors (Lipinski definition) is 4. The fourth-order valence-corrected chi connectivity index (χ4v) is 1.67. The number of aryl methyl sites for hydroxylation is 1. The standard InChI is InChI=1S/C11H13O5P/c12-7-8-16-11(13)6-3-9-1-4-10(5-2-9)17(14)15/h1-2,4-5,12H,3,6-8H2/p+1. The van der Waals surface area contributed by atoms with Crippen molar-refractivity contribution in [1.29, 1.82) is 0 Å². The number of esters is 1. The van der Waals surface area contributed by atoms with E-state index in [9.17, 15) is 9.36 Å². The van der Waals surface area contributed by atoms with E-state index in [2.05, 4.69) is 0 Å². The molecule has 0 saturated heterocycles. The van der Waals surface area contributed by atoms with Gasteiger partial charge in [0.2, 0.25) is 5.30 Å². The summed E-state index contributed by atoms with van der Waals surface area (Å²) in [6.45, 7) is -0.160.